The Labute approximate surface area is 118 Å². The van der Waals surface area contributed by atoms with Crippen LogP contribution in [-0.2, 0) is 6.42 Å². The molecule has 2 N–H and O–H groups in total. The van der Waals surface area contributed by atoms with Gasteiger partial charge in [0.05, 0.1) is 15.2 Å². The summed E-state index contributed by atoms with van der Waals surface area (Å²) in [7, 11) is 0. The van der Waals surface area contributed by atoms with Crippen molar-refractivity contribution in [3.05, 3.63) is 34.2 Å². The lowest BCUT2D eigenvalue weighted by atomic mass is 10.3. The molecule has 0 saturated carbocycles. The molecule has 0 aliphatic heterocycles. The molecule has 0 radical (unpaired) electrons. The molecule has 3 aromatic rings. The highest BCUT2D eigenvalue weighted by atomic mass is 35.5. The molecule has 3 rings (SSSR count). The molecule has 2 aromatic heterocycles. The minimum absolute atomic E-state index is 0.715. The Morgan fingerprint density at radius 3 is 2.83 bits per heavy atom. The SMILES string of the molecule is CCc1cc(-c2nc3cc(Cl)ccc3s2)c(N)s1. The first-order chi connectivity index (χ1) is 8.67. The Bertz CT molecular complexity index is 715. The Morgan fingerprint density at radius 2 is 2.11 bits per heavy atom. The number of benzene rings is 1. The molecule has 5 heteroatoms. The van der Waals surface area contributed by atoms with Gasteiger partial charge in [0, 0.05) is 15.5 Å². The van der Waals surface area contributed by atoms with E-state index in [0.717, 1.165) is 32.2 Å². The van der Waals surface area contributed by atoms with E-state index in [1.54, 1.807) is 22.7 Å². The maximum atomic E-state index is 6.06. The maximum Gasteiger partial charge on any atom is 0.127 e. The minimum Gasteiger partial charge on any atom is -0.390 e. The summed E-state index contributed by atoms with van der Waals surface area (Å²) in [4.78, 5) is 5.90. The van der Waals surface area contributed by atoms with Crippen LogP contribution in [0.1, 0.15) is 11.8 Å². The predicted molar refractivity (Wildman–Crippen MR) is 81.7 cm³/mol. The van der Waals surface area contributed by atoms with Crippen LogP contribution in [0.2, 0.25) is 5.02 Å². The number of aromatic nitrogens is 1. The monoisotopic (exact) mass is 294 g/mol. The van der Waals surface area contributed by atoms with E-state index in [2.05, 4.69) is 18.0 Å². The fourth-order valence-electron chi connectivity index (χ4n) is 1.81. The number of anilines is 1. The molecular weight excluding hydrogens is 284 g/mol. The molecule has 2 heterocycles. The van der Waals surface area contributed by atoms with Gasteiger partial charge >= 0.3 is 0 Å². The van der Waals surface area contributed by atoms with Crippen LogP contribution in [-0.4, -0.2) is 4.98 Å². The highest BCUT2D eigenvalue weighted by Crippen LogP contribution is 2.38. The van der Waals surface area contributed by atoms with Crippen LogP contribution in [0.4, 0.5) is 5.00 Å². The zero-order valence-corrected chi connectivity index (χ0v) is 12.1. The third-order valence-corrected chi connectivity index (χ3v) is 5.15. The van der Waals surface area contributed by atoms with E-state index in [1.807, 2.05) is 18.2 Å². The molecule has 0 aliphatic carbocycles. The first-order valence-electron chi connectivity index (χ1n) is 5.62. The van der Waals surface area contributed by atoms with Gasteiger partial charge in [-0.25, -0.2) is 4.98 Å². The van der Waals surface area contributed by atoms with Crippen LogP contribution in [0.25, 0.3) is 20.8 Å². The average molecular weight is 295 g/mol. The zero-order valence-electron chi connectivity index (χ0n) is 9.74. The predicted octanol–water partition coefficient (Wildman–Crippen LogP) is 4.82. The van der Waals surface area contributed by atoms with Crippen molar-refractivity contribution in [2.45, 2.75) is 13.3 Å². The van der Waals surface area contributed by atoms with E-state index in [1.165, 1.54) is 4.88 Å². The second-order valence-corrected chi connectivity index (χ2v) is 6.61. The summed E-state index contributed by atoms with van der Waals surface area (Å²) >= 11 is 9.27. The van der Waals surface area contributed by atoms with Gasteiger partial charge in [0.15, 0.2) is 0 Å². The van der Waals surface area contributed by atoms with E-state index in [-0.39, 0.29) is 0 Å². The van der Waals surface area contributed by atoms with E-state index in [0.29, 0.717) is 5.02 Å². The van der Waals surface area contributed by atoms with Gasteiger partial charge in [-0.2, -0.15) is 0 Å². The van der Waals surface area contributed by atoms with Crippen LogP contribution < -0.4 is 5.73 Å². The van der Waals surface area contributed by atoms with Gasteiger partial charge in [0.1, 0.15) is 5.01 Å². The fraction of sp³-hybridized carbons (Fsp3) is 0.154. The Morgan fingerprint density at radius 1 is 1.28 bits per heavy atom. The summed E-state index contributed by atoms with van der Waals surface area (Å²) in [6, 6.07) is 7.92. The quantitative estimate of drug-likeness (QED) is 0.736. The van der Waals surface area contributed by atoms with E-state index in [4.69, 9.17) is 17.3 Å². The third-order valence-electron chi connectivity index (χ3n) is 2.74. The molecule has 0 fully saturated rings. The summed E-state index contributed by atoms with van der Waals surface area (Å²) in [6.45, 7) is 2.13. The van der Waals surface area contributed by atoms with Crippen LogP contribution >= 0.6 is 34.3 Å². The lowest BCUT2D eigenvalue weighted by Crippen LogP contribution is -1.81. The average Bonchev–Trinajstić information content (AvgIpc) is 2.91. The van der Waals surface area contributed by atoms with Gasteiger partial charge in [0.25, 0.3) is 0 Å². The largest absolute Gasteiger partial charge is 0.390 e. The maximum absolute atomic E-state index is 6.06. The van der Waals surface area contributed by atoms with Crippen molar-refractivity contribution in [3.63, 3.8) is 0 Å². The summed E-state index contributed by atoms with van der Waals surface area (Å²) in [5, 5.41) is 2.53. The number of fused-ring (bicyclic) bond motifs is 1. The lowest BCUT2D eigenvalue weighted by molar-refractivity contribution is 1.19. The number of hydrogen-bond donors (Lipinski definition) is 1. The molecule has 0 bridgehead atoms. The lowest BCUT2D eigenvalue weighted by Gasteiger charge is -1.91. The molecule has 0 saturated heterocycles. The Balaban J connectivity index is 2.15. The molecule has 0 aliphatic rings. The highest BCUT2D eigenvalue weighted by molar-refractivity contribution is 7.22. The van der Waals surface area contributed by atoms with Crippen molar-refractivity contribution >= 4 is 49.5 Å². The number of aryl methyl sites for hydroxylation is 1. The van der Waals surface area contributed by atoms with Gasteiger partial charge in [0.2, 0.25) is 0 Å². The summed E-state index contributed by atoms with van der Waals surface area (Å²) in [5.41, 5.74) is 8.05. The van der Waals surface area contributed by atoms with Crippen molar-refractivity contribution in [2.75, 3.05) is 5.73 Å². The molecule has 0 atom stereocenters. The van der Waals surface area contributed by atoms with E-state index in [9.17, 15) is 0 Å². The molecule has 0 unspecified atom stereocenters. The first-order valence-corrected chi connectivity index (χ1v) is 7.63. The summed E-state index contributed by atoms with van der Waals surface area (Å²) in [5.74, 6) is 0. The first kappa shape index (κ1) is 12.0. The number of thiophene rings is 1. The normalized spacial score (nSPS) is 11.2. The molecule has 92 valence electrons. The van der Waals surface area contributed by atoms with Crippen LogP contribution in [0.5, 0.6) is 0 Å². The third kappa shape index (κ3) is 2.00. The van der Waals surface area contributed by atoms with E-state index < -0.39 is 0 Å². The molecule has 2 nitrogen and oxygen atoms in total. The van der Waals surface area contributed by atoms with Crippen LogP contribution in [0.15, 0.2) is 24.3 Å². The van der Waals surface area contributed by atoms with Crippen LogP contribution in [0, 0.1) is 0 Å². The van der Waals surface area contributed by atoms with Crippen LogP contribution in [0.3, 0.4) is 0 Å². The number of rotatable bonds is 2. The summed E-state index contributed by atoms with van der Waals surface area (Å²) in [6.07, 6.45) is 1.01. The second kappa shape index (κ2) is 4.53. The standard InChI is InChI=1S/C13H11ClN2S2/c1-2-8-6-9(12(15)17-8)13-16-10-5-7(14)3-4-11(10)18-13/h3-6H,2,15H2,1H3. The second-order valence-electron chi connectivity index (χ2n) is 3.98. The molecule has 1 aromatic carbocycles. The van der Waals surface area contributed by atoms with Gasteiger partial charge in [-0.15, -0.1) is 22.7 Å². The smallest absolute Gasteiger partial charge is 0.127 e. The van der Waals surface area contributed by atoms with Gasteiger partial charge < -0.3 is 5.73 Å². The molecule has 18 heavy (non-hydrogen) atoms. The Kier molecular flexibility index (Phi) is 3.01. The summed E-state index contributed by atoms with van der Waals surface area (Å²) < 4.78 is 1.14. The Hall–Kier alpha value is -1.10. The van der Waals surface area contributed by atoms with Gasteiger partial charge in [-0.3, -0.25) is 0 Å². The highest BCUT2D eigenvalue weighted by Gasteiger charge is 2.12. The molecule has 0 spiro atoms. The van der Waals surface area contributed by atoms with Crippen molar-refractivity contribution in [1.29, 1.82) is 0 Å². The fourth-order valence-corrected chi connectivity index (χ4v) is 3.89. The van der Waals surface area contributed by atoms with Crippen molar-refractivity contribution in [3.8, 4) is 10.6 Å². The topological polar surface area (TPSA) is 38.9 Å². The minimum atomic E-state index is 0.715. The zero-order chi connectivity index (χ0) is 12.7. The number of nitrogen functional groups attached to an aromatic ring is 1. The van der Waals surface area contributed by atoms with Crippen molar-refractivity contribution < 1.29 is 0 Å². The number of nitrogens with two attached hydrogens (primary N) is 1. The molecular formula is C13H11ClN2S2. The van der Waals surface area contributed by atoms with Gasteiger partial charge in [-0.05, 0) is 30.7 Å². The van der Waals surface area contributed by atoms with Crippen molar-refractivity contribution in [1.82, 2.24) is 4.98 Å². The number of hydrogen-bond acceptors (Lipinski definition) is 4. The number of halogens is 1. The molecule has 0 amide bonds. The number of thiazole rings is 1. The van der Waals surface area contributed by atoms with Crippen molar-refractivity contribution in [2.24, 2.45) is 0 Å². The van der Waals surface area contributed by atoms with E-state index >= 15 is 0 Å². The number of nitrogens with zero attached hydrogens (tertiary/aromatic N) is 1. The van der Waals surface area contributed by atoms with Gasteiger partial charge in [-0.1, -0.05) is 18.5 Å².